The molecule has 378 valence electrons. The standard InChI is InChI=1S/C38H84F3NO16Si5/c1-42(34-37(38(39,40)41,27-17-19-29-59(44-2,45-3)46-4)28-18-20-30-60(47-5,48-6)49-7)35(43)36(24-21-31-61(50-8,51-9)52-10,25-22-32-62(53-11,54-12)55-13)26-23-33-63(56-14,57-15)58-16/h17-34H2,1-16H3. The summed E-state index contributed by atoms with van der Waals surface area (Å²) in [4.78, 5) is 16.7. The van der Waals surface area contributed by atoms with Crippen LogP contribution in [0, 0.1) is 10.8 Å². The molecule has 0 aliphatic rings. The van der Waals surface area contributed by atoms with E-state index in [9.17, 15) is 0 Å². The van der Waals surface area contributed by atoms with E-state index in [-0.39, 0.29) is 25.7 Å². The Hall–Kier alpha value is -0.256. The quantitative estimate of drug-likeness (QED) is 0.0454. The molecule has 1 amide bonds. The van der Waals surface area contributed by atoms with E-state index in [0.29, 0.717) is 81.6 Å². The molecule has 0 aromatic carbocycles. The van der Waals surface area contributed by atoms with Gasteiger partial charge in [0.15, 0.2) is 0 Å². The van der Waals surface area contributed by atoms with Crippen LogP contribution < -0.4 is 0 Å². The lowest BCUT2D eigenvalue weighted by molar-refractivity contribution is -0.235. The Labute approximate surface area is 382 Å². The predicted octanol–water partition coefficient (Wildman–Crippen LogP) is 7.05. The SMILES string of the molecule is CO[Si](CCCCC(CCCC[Si](OC)(OC)OC)(CN(C)C(=O)C(CCC[Si](OC)(OC)OC)(CCC[Si](OC)(OC)OC)CCC[Si](OC)(OC)OC)C(F)(F)F)(OC)OC. The van der Waals surface area contributed by atoms with Crippen molar-refractivity contribution < 1.29 is 84.4 Å². The molecule has 0 atom stereocenters. The van der Waals surface area contributed by atoms with Crippen LogP contribution in [-0.4, -0.2) is 181 Å². The molecule has 0 N–H and O–H groups in total. The molecule has 0 rings (SSSR count). The molecule has 25 heteroatoms. The average Bonchev–Trinajstić information content (AvgIpc) is 3.30. The maximum absolute atomic E-state index is 16.0. The maximum Gasteiger partial charge on any atom is 0.500 e. The summed E-state index contributed by atoms with van der Waals surface area (Å²) in [5.74, 6) is -0.413. The van der Waals surface area contributed by atoms with Crippen LogP contribution in [0.2, 0.25) is 30.2 Å². The normalized spacial score (nSPS) is 13.9. The van der Waals surface area contributed by atoms with Crippen LogP contribution in [0.25, 0.3) is 0 Å². The highest BCUT2D eigenvalue weighted by Crippen LogP contribution is 2.49. The number of carbonyl (C=O) groups is 1. The summed E-state index contributed by atoms with van der Waals surface area (Å²) in [7, 11) is 8.51. The largest absolute Gasteiger partial charge is 0.500 e. The second-order valence-corrected chi connectivity index (χ2v) is 31.1. The topological polar surface area (TPSA) is 159 Å². The number of rotatable bonds is 40. The zero-order chi connectivity index (χ0) is 48.5. The Kier molecular flexibility index (Phi) is 30.2. The van der Waals surface area contributed by atoms with Crippen LogP contribution in [0.15, 0.2) is 0 Å². The highest BCUT2D eigenvalue weighted by atomic mass is 28.4. The first-order valence-corrected chi connectivity index (χ1v) is 31.0. The highest BCUT2D eigenvalue weighted by molar-refractivity contribution is 6.62. The van der Waals surface area contributed by atoms with Gasteiger partial charge in [-0.25, -0.2) is 0 Å². The minimum Gasteiger partial charge on any atom is -0.377 e. The van der Waals surface area contributed by atoms with E-state index >= 15 is 18.0 Å². The Morgan fingerprint density at radius 3 is 0.810 bits per heavy atom. The van der Waals surface area contributed by atoms with Gasteiger partial charge in [-0.3, -0.25) is 4.79 Å². The molecule has 0 heterocycles. The van der Waals surface area contributed by atoms with Crippen molar-refractivity contribution in [3.05, 3.63) is 0 Å². The smallest absolute Gasteiger partial charge is 0.377 e. The molecule has 0 aromatic heterocycles. The number of carbonyl (C=O) groups excluding carboxylic acids is 1. The van der Waals surface area contributed by atoms with Gasteiger partial charge in [-0.2, -0.15) is 13.2 Å². The second kappa shape index (κ2) is 30.3. The van der Waals surface area contributed by atoms with Crippen LogP contribution in [0.1, 0.15) is 77.0 Å². The number of halogens is 3. The summed E-state index contributed by atoms with van der Waals surface area (Å²) >= 11 is 0. The summed E-state index contributed by atoms with van der Waals surface area (Å²) in [5, 5.41) is 0. The van der Waals surface area contributed by atoms with E-state index in [4.69, 9.17) is 66.4 Å². The zero-order valence-electron chi connectivity index (χ0n) is 41.3. The summed E-state index contributed by atoms with van der Waals surface area (Å²) < 4.78 is 133. The molecule has 0 radical (unpaired) electrons. The fourth-order valence-electron chi connectivity index (χ4n) is 8.60. The molecule has 0 saturated carbocycles. The van der Waals surface area contributed by atoms with Crippen LogP contribution in [-0.2, 0) is 71.2 Å². The third-order valence-corrected chi connectivity index (χ3v) is 27.0. The van der Waals surface area contributed by atoms with E-state index in [2.05, 4.69) is 0 Å². The maximum atomic E-state index is 16.0. The van der Waals surface area contributed by atoms with Gasteiger partial charge in [-0.15, -0.1) is 0 Å². The van der Waals surface area contributed by atoms with Crippen molar-refractivity contribution in [3.63, 3.8) is 0 Å². The summed E-state index contributed by atoms with van der Waals surface area (Å²) in [6, 6.07) is 1.75. The molecule has 0 aliphatic heterocycles. The average molecular weight is 1010 g/mol. The first-order valence-electron chi connectivity index (χ1n) is 21.3. The second-order valence-electron chi connectivity index (χ2n) is 15.7. The molecule has 63 heavy (non-hydrogen) atoms. The van der Waals surface area contributed by atoms with E-state index < -0.39 is 73.5 Å². The Morgan fingerprint density at radius 1 is 0.381 bits per heavy atom. The van der Waals surface area contributed by atoms with Crippen LogP contribution in [0.5, 0.6) is 0 Å². The van der Waals surface area contributed by atoms with E-state index in [0.717, 1.165) is 0 Å². The number of hydrogen-bond acceptors (Lipinski definition) is 16. The monoisotopic (exact) mass is 1010 g/mol. The minimum atomic E-state index is -4.69. The van der Waals surface area contributed by atoms with Crippen molar-refractivity contribution in [3.8, 4) is 0 Å². The van der Waals surface area contributed by atoms with Gasteiger partial charge in [0, 0.05) is 156 Å². The van der Waals surface area contributed by atoms with Crippen molar-refractivity contribution in [2.75, 3.05) is 120 Å². The molecule has 0 bridgehead atoms. The molecule has 0 aromatic rings. The fraction of sp³-hybridized carbons (Fsp3) is 0.974. The third kappa shape index (κ3) is 18.0. The Morgan fingerprint density at radius 2 is 0.603 bits per heavy atom. The van der Waals surface area contributed by atoms with Gasteiger partial charge in [-0.1, -0.05) is 12.8 Å². The van der Waals surface area contributed by atoms with Crippen LogP contribution in [0.3, 0.4) is 0 Å². The van der Waals surface area contributed by atoms with Gasteiger partial charge in [0.05, 0.1) is 5.41 Å². The summed E-state index contributed by atoms with van der Waals surface area (Å²) in [5.41, 5.74) is -3.45. The molecule has 0 spiro atoms. The van der Waals surface area contributed by atoms with Gasteiger partial charge in [-0.05, 0) is 64.2 Å². The van der Waals surface area contributed by atoms with E-state index in [1.165, 1.54) is 119 Å². The van der Waals surface area contributed by atoms with Crippen LogP contribution in [0.4, 0.5) is 13.2 Å². The lowest BCUT2D eigenvalue weighted by Crippen LogP contribution is -2.52. The first kappa shape index (κ1) is 62.7. The highest BCUT2D eigenvalue weighted by Gasteiger charge is 2.56. The van der Waals surface area contributed by atoms with E-state index in [1.807, 2.05) is 0 Å². The van der Waals surface area contributed by atoms with Crippen molar-refractivity contribution in [2.24, 2.45) is 10.8 Å². The van der Waals surface area contributed by atoms with Gasteiger partial charge >= 0.3 is 50.2 Å². The Bertz CT molecular complexity index is 1080. The lowest BCUT2D eigenvalue weighted by atomic mass is 9.73. The molecule has 0 aliphatic carbocycles. The van der Waals surface area contributed by atoms with Gasteiger partial charge < -0.3 is 71.3 Å². The van der Waals surface area contributed by atoms with Crippen molar-refractivity contribution in [1.82, 2.24) is 4.90 Å². The van der Waals surface area contributed by atoms with Crippen molar-refractivity contribution in [2.45, 2.75) is 113 Å². The number of amides is 1. The number of unbranched alkanes of at least 4 members (excludes halogenated alkanes) is 2. The van der Waals surface area contributed by atoms with E-state index in [1.54, 1.807) is 0 Å². The molecule has 0 unspecified atom stereocenters. The van der Waals surface area contributed by atoms with Gasteiger partial charge in [0.2, 0.25) is 5.91 Å². The summed E-state index contributed by atoms with van der Waals surface area (Å²) in [6.45, 7) is -0.577. The number of hydrogen-bond donors (Lipinski definition) is 0. The fourth-order valence-corrected chi connectivity index (χ4v) is 17.4. The minimum absolute atomic E-state index is 0.178. The van der Waals surface area contributed by atoms with Gasteiger partial charge in [0.25, 0.3) is 0 Å². The number of alkyl halides is 3. The van der Waals surface area contributed by atoms with Crippen molar-refractivity contribution >= 4 is 49.9 Å². The Balaban J connectivity index is 7.48. The van der Waals surface area contributed by atoms with Crippen LogP contribution >= 0.6 is 0 Å². The molecular formula is C38H84F3NO16Si5. The lowest BCUT2D eigenvalue weighted by Gasteiger charge is -2.43. The van der Waals surface area contributed by atoms with Gasteiger partial charge in [0.1, 0.15) is 0 Å². The third-order valence-electron chi connectivity index (χ3n) is 12.8. The predicted molar refractivity (Wildman–Crippen MR) is 242 cm³/mol. The zero-order valence-corrected chi connectivity index (χ0v) is 46.3. The molecule has 17 nitrogen and oxygen atoms in total. The molecular weight excluding hydrogens is 924 g/mol. The van der Waals surface area contributed by atoms with Crippen molar-refractivity contribution in [1.29, 1.82) is 0 Å². The molecule has 0 saturated heterocycles. The summed E-state index contributed by atoms with van der Waals surface area (Å²) in [6.07, 6.45) is -2.00. The number of nitrogens with zero attached hydrogens (tertiary/aromatic N) is 1. The molecule has 0 fully saturated rings. The first-order chi connectivity index (χ1) is 29.7.